The van der Waals surface area contributed by atoms with E-state index in [0.29, 0.717) is 31.6 Å². The second-order valence-electron chi connectivity index (χ2n) is 14.9. The largest absolute Gasteiger partial charge is 0.462 e. The van der Waals surface area contributed by atoms with Crippen molar-refractivity contribution in [1.29, 1.82) is 0 Å². The van der Waals surface area contributed by atoms with Crippen molar-refractivity contribution in [3.8, 4) is 11.1 Å². The van der Waals surface area contributed by atoms with Crippen molar-refractivity contribution < 1.29 is 33.8 Å². The fourth-order valence-electron chi connectivity index (χ4n) is 8.12. The van der Waals surface area contributed by atoms with E-state index in [0.717, 1.165) is 53.5 Å². The van der Waals surface area contributed by atoms with Gasteiger partial charge in [0.15, 0.2) is 0 Å². The van der Waals surface area contributed by atoms with Gasteiger partial charge in [-0.3, -0.25) is 9.59 Å². The van der Waals surface area contributed by atoms with Crippen LogP contribution < -0.4 is 16.0 Å². The Morgan fingerprint density at radius 3 is 2.26 bits per heavy atom. The predicted octanol–water partition coefficient (Wildman–Crippen LogP) is 6.36. The number of esters is 1. The molecule has 0 bridgehead atoms. The molecule has 10 nitrogen and oxygen atoms in total. The highest BCUT2D eigenvalue weighted by molar-refractivity contribution is 5.86. The standard InChI is InChI=1S/C44H53N3O7/c48-27-33(24-30-14-4-1-5-15-30)45-41(49)26-32-18-8-3-9-23-40(43(51)53-28-34(46-42(32)50)25-31-16-6-2-7-17-31)47-44(52)54-29-39-37-21-12-10-19-35(37)36-20-11-13-22-38(36)39/h1,3-5,8,10-15,19-22,31-34,39-40,48H,2,6-7,9,16-18,23-29H2,(H,45,49)(H,46,50)(H,47,52)/t32-,33+,34+,40+/m1/s1. The van der Waals surface area contributed by atoms with Crippen molar-refractivity contribution in [2.45, 2.75) is 94.7 Å². The highest BCUT2D eigenvalue weighted by Gasteiger charge is 2.32. The maximum absolute atomic E-state index is 13.8. The van der Waals surface area contributed by atoms with Crippen LogP contribution >= 0.6 is 0 Å². The van der Waals surface area contributed by atoms with Crippen molar-refractivity contribution in [3.05, 3.63) is 108 Å². The first-order chi connectivity index (χ1) is 26.4. The van der Waals surface area contributed by atoms with Crippen LogP contribution in [0, 0.1) is 11.8 Å². The topological polar surface area (TPSA) is 143 Å². The molecular weight excluding hydrogens is 682 g/mol. The SMILES string of the molecule is O=C(C[C@H]1CC=CCC[C@H](NC(=O)OCC2c3ccccc3-c3ccccc32)C(=O)OC[C@H](CC2CCCCC2)NC1=O)N[C@H](CO)Cc1ccccc1. The van der Waals surface area contributed by atoms with Crippen LogP contribution in [0.1, 0.15) is 86.8 Å². The molecule has 10 heteroatoms. The van der Waals surface area contributed by atoms with Crippen molar-refractivity contribution in [3.63, 3.8) is 0 Å². The summed E-state index contributed by atoms with van der Waals surface area (Å²) in [5, 5.41) is 18.8. The molecule has 1 heterocycles. The number of cyclic esters (lactones) is 1. The molecule has 3 aromatic carbocycles. The Bertz CT molecular complexity index is 1710. The first-order valence-corrected chi connectivity index (χ1v) is 19.6. The average molecular weight is 736 g/mol. The van der Waals surface area contributed by atoms with E-state index < -0.39 is 36.1 Å². The highest BCUT2D eigenvalue weighted by Crippen LogP contribution is 2.44. The second-order valence-corrected chi connectivity index (χ2v) is 14.9. The summed E-state index contributed by atoms with van der Waals surface area (Å²) >= 11 is 0. The molecule has 0 radical (unpaired) electrons. The minimum atomic E-state index is -0.946. The third kappa shape index (κ3) is 10.6. The van der Waals surface area contributed by atoms with Gasteiger partial charge in [0.1, 0.15) is 19.3 Å². The number of carbonyl (C=O) groups is 4. The summed E-state index contributed by atoms with van der Waals surface area (Å²) < 4.78 is 11.6. The van der Waals surface area contributed by atoms with Gasteiger partial charge >= 0.3 is 12.1 Å². The van der Waals surface area contributed by atoms with E-state index in [2.05, 4.69) is 40.2 Å². The zero-order valence-electron chi connectivity index (χ0n) is 30.9. The molecule has 3 aliphatic rings. The molecule has 0 saturated heterocycles. The Labute approximate surface area is 318 Å². The number of benzene rings is 3. The zero-order valence-corrected chi connectivity index (χ0v) is 30.9. The number of carbonyl (C=O) groups excluding carboxylic acids is 4. The Balaban J connectivity index is 1.10. The third-order valence-corrected chi connectivity index (χ3v) is 11.0. The summed E-state index contributed by atoms with van der Waals surface area (Å²) in [6.07, 6.45) is 10.6. The number of amides is 3. The Hall–Kier alpha value is -4.96. The average Bonchev–Trinajstić information content (AvgIpc) is 3.51. The fraction of sp³-hybridized carbons (Fsp3) is 0.455. The predicted molar refractivity (Wildman–Crippen MR) is 206 cm³/mol. The lowest BCUT2D eigenvalue weighted by molar-refractivity contribution is -0.148. The molecule has 1 fully saturated rings. The molecule has 3 aromatic rings. The van der Waals surface area contributed by atoms with Gasteiger partial charge in [-0.05, 0) is 65.8 Å². The number of rotatable bonds is 11. The van der Waals surface area contributed by atoms with Gasteiger partial charge in [0.05, 0.1) is 24.6 Å². The van der Waals surface area contributed by atoms with Gasteiger partial charge in [-0.25, -0.2) is 9.59 Å². The molecule has 1 aliphatic heterocycles. The lowest BCUT2D eigenvalue weighted by atomic mass is 9.84. The molecule has 6 rings (SSSR count). The molecule has 0 aromatic heterocycles. The summed E-state index contributed by atoms with van der Waals surface area (Å²) in [5.74, 6) is -1.55. The molecule has 3 amide bonds. The Morgan fingerprint density at radius 1 is 0.870 bits per heavy atom. The molecule has 2 aliphatic carbocycles. The molecule has 4 atom stereocenters. The summed E-state index contributed by atoms with van der Waals surface area (Å²) in [5.41, 5.74) is 5.44. The van der Waals surface area contributed by atoms with Crippen molar-refractivity contribution in [2.24, 2.45) is 11.8 Å². The van der Waals surface area contributed by atoms with Gasteiger partial charge < -0.3 is 30.5 Å². The van der Waals surface area contributed by atoms with Crippen LogP contribution in [0.25, 0.3) is 11.1 Å². The van der Waals surface area contributed by atoms with Crippen LogP contribution in [-0.2, 0) is 30.3 Å². The lowest BCUT2D eigenvalue weighted by Gasteiger charge is -2.28. The molecule has 1 saturated carbocycles. The molecule has 286 valence electrons. The molecule has 0 spiro atoms. The van der Waals surface area contributed by atoms with E-state index in [-0.39, 0.29) is 50.4 Å². The van der Waals surface area contributed by atoms with Crippen molar-refractivity contribution >= 4 is 23.9 Å². The van der Waals surface area contributed by atoms with Gasteiger partial charge in [-0.2, -0.15) is 0 Å². The fourth-order valence-corrected chi connectivity index (χ4v) is 8.12. The van der Waals surface area contributed by atoms with Crippen molar-refractivity contribution in [1.82, 2.24) is 16.0 Å². The van der Waals surface area contributed by atoms with Gasteiger partial charge in [0.2, 0.25) is 11.8 Å². The number of allylic oxidation sites excluding steroid dienone is 2. The van der Waals surface area contributed by atoms with Gasteiger partial charge in [-0.1, -0.05) is 123 Å². The summed E-state index contributed by atoms with van der Waals surface area (Å²) in [7, 11) is 0. The lowest BCUT2D eigenvalue weighted by Crippen LogP contribution is -2.47. The van der Waals surface area contributed by atoms with Gasteiger partial charge in [0, 0.05) is 12.3 Å². The first kappa shape index (κ1) is 38.8. The van der Waals surface area contributed by atoms with E-state index >= 15 is 0 Å². The number of hydrogen-bond donors (Lipinski definition) is 4. The summed E-state index contributed by atoms with van der Waals surface area (Å²) in [6, 6.07) is 24.0. The van der Waals surface area contributed by atoms with Crippen molar-refractivity contribution in [2.75, 3.05) is 19.8 Å². The number of aliphatic hydroxyl groups is 1. The number of ether oxygens (including phenoxy) is 2. The van der Waals surface area contributed by atoms with E-state index in [1.54, 1.807) is 0 Å². The van der Waals surface area contributed by atoms with Crippen LogP contribution in [0.2, 0.25) is 0 Å². The van der Waals surface area contributed by atoms with Crippen LogP contribution in [0.5, 0.6) is 0 Å². The van der Waals surface area contributed by atoms with E-state index in [1.807, 2.05) is 66.7 Å². The third-order valence-electron chi connectivity index (χ3n) is 11.0. The van der Waals surface area contributed by atoms with Crippen LogP contribution in [0.3, 0.4) is 0 Å². The highest BCUT2D eigenvalue weighted by atomic mass is 16.6. The minimum absolute atomic E-state index is 0.0417. The number of alkyl carbamates (subject to hydrolysis) is 1. The first-order valence-electron chi connectivity index (χ1n) is 19.6. The summed E-state index contributed by atoms with van der Waals surface area (Å²) in [6.45, 7) is -0.144. The van der Waals surface area contributed by atoms with Crippen LogP contribution in [-0.4, -0.2) is 66.9 Å². The smallest absolute Gasteiger partial charge is 0.407 e. The molecule has 4 N–H and O–H groups in total. The van der Waals surface area contributed by atoms with E-state index in [4.69, 9.17) is 9.47 Å². The van der Waals surface area contributed by atoms with Crippen LogP contribution in [0.4, 0.5) is 4.79 Å². The molecule has 54 heavy (non-hydrogen) atoms. The Morgan fingerprint density at radius 2 is 1.56 bits per heavy atom. The summed E-state index contributed by atoms with van der Waals surface area (Å²) in [4.78, 5) is 53.8. The maximum atomic E-state index is 13.8. The van der Waals surface area contributed by atoms with Gasteiger partial charge in [-0.15, -0.1) is 0 Å². The Kier molecular flexibility index (Phi) is 13.9. The number of fused-ring (bicyclic) bond motifs is 3. The second kappa shape index (κ2) is 19.4. The zero-order chi connectivity index (χ0) is 37.7. The van der Waals surface area contributed by atoms with Gasteiger partial charge in [0.25, 0.3) is 0 Å². The maximum Gasteiger partial charge on any atom is 0.407 e. The molecule has 0 unspecified atom stereocenters. The van der Waals surface area contributed by atoms with Crippen LogP contribution in [0.15, 0.2) is 91.0 Å². The quantitative estimate of drug-likeness (QED) is 0.133. The number of aliphatic hydroxyl groups excluding tert-OH is 1. The number of nitrogens with one attached hydrogen (secondary N) is 3. The van der Waals surface area contributed by atoms with E-state index in [9.17, 15) is 24.3 Å². The molecular formula is C44H53N3O7. The number of hydrogen-bond acceptors (Lipinski definition) is 7. The monoisotopic (exact) mass is 735 g/mol. The normalized spacial score (nSPS) is 21.5. The van der Waals surface area contributed by atoms with E-state index in [1.165, 1.54) is 6.42 Å². The minimum Gasteiger partial charge on any atom is -0.462 e.